The summed E-state index contributed by atoms with van der Waals surface area (Å²) in [5.41, 5.74) is 1.16. The van der Waals surface area contributed by atoms with Crippen molar-refractivity contribution < 1.29 is 9.53 Å². The maximum atomic E-state index is 11.6. The molecule has 0 aliphatic heterocycles. The molecule has 112 valence electrons. The average molecular weight is 279 g/mol. The molecule has 0 saturated heterocycles. The Morgan fingerprint density at radius 2 is 2.20 bits per heavy atom. The Morgan fingerprint density at radius 1 is 1.50 bits per heavy atom. The van der Waals surface area contributed by atoms with Crippen molar-refractivity contribution >= 4 is 6.09 Å². The molecule has 1 N–H and O–H groups in total. The van der Waals surface area contributed by atoms with Gasteiger partial charge in [0.05, 0.1) is 6.33 Å². The Balaban J connectivity index is 1.77. The lowest BCUT2D eigenvalue weighted by atomic mass is 10.1. The van der Waals surface area contributed by atoms with E-state index in [1.54, 1.807) is 0 Å². The molecule has 1 saturated carbocycles. The van der Waals surface area contributed by atoms with Gasteiger partial charge in [0, 0.05) is 31.4 Å². The van der Waals surface area contributed by atoms with E-state index in [0.717, 1.165) is 18.7 Å². The molecule has 1 aromatic rings. The predicted molar refractivity (Wildman–Crippen MR) is 77.5 cm³/mol. The SMILES string of the molecule is CC1(Cn2cncc2CCNC(=O)OC(C)(C)C)CC1. The Morgan fingerprint density at radius 3 is 2.80 bits per heavy atom. The monoisotopic (exact) mass is 279 g/mol. The van der Waals surface area contributed by atoms with Crippen molar-refractivity contribution in [2.24, 2.45) is 5.41 Å². The summed E-state index contributed by atoms with van der Waals surface area (Å²) in [5.74, 6) is 0. The highest BCUT2D eigenvalue weighted by molar-refractivity contribution is 5.67. The minimum absolute atomic E-state index is 0.363. The van der Waals surface area contributed by atoms with Crippen LogP contribution in [-0.4, -0.2) is 27.8 Å². The van der Waals surface area contributed by atoms with Crippen LogP contribution < -0.4 is 5.32 Å². The Labute approximate surface area is 120 Å². The lowest BCUT2D eigenvalue weighted by Gasteiger charge is -2.19. The van der Waals surface area contributed by atoms with E-state index in [0.29, 0.717) is 12.0 Å². The van der Waals surface area contributed by atoms with Gasteiger partial charge in [-0.15, -0.1) is 0 Å². The molecule has 5 heteroatoms. The zero-order chi connectivity index (χ0) is 14.8. The number of carbonyl (C=O) groups excluding carboxylic acids is 1. The van der Waals surface area contributed by atoms with E-state index in [9.17, 15) is 4.79 Å². The summed E-state index contributed by atoms with van der Waals surface area (Å²) < 4.78 is 7.40. The first-order valence-corrected chi connectivity index (χ1v) is 7.23. The first kappa shape index (κ1) is 14.9. The molecular weight excluding hydrogens is 254 g/mol. The van der Waals surface area contributed by atoms with Gasteiger partial charge in [0.2, 0.25) is 0 Å². The van der Waals surface area contributed by atoms with E-state index < -0.39 is 5.60 Å². The second-order valence-electron chi connectivity index (χ2n) is 7.00. The number of nitrogens with one attached hydrogen (secondary N) is 1. The van der Waals surface area contributed by atoms with Gasteiger partial charge < -0.3 is 14.6 Å². The topological polar surface area (TPSA) is 56.2 Å². The summed E-state index contributed by atoms with van der Waals surface area (Å²) >= 11 is 0. The predicted octanol–water partition coefficient (Wildman–Crippen LogP) is 2.75. The normalized spacial score (nSPS) is 16.8. The van der Waals surface area contributed by atoms with E-state index in [1.807, 2.05) is 33.3 Å². The number of amides is 1. The number of hydrogen-bond acceptors (Lipinski definition) is 3. The molecule has 0 spiro atoms. The molecule has 0 bridgehead atoms. The molecule has 0 atom stereocenters. The van der Waals surface area contributed by atoms with Crippen molar-refractivity contribution in [1.29, 1.82) is 0 Å². The van der Waals surface area contributed by atoms with Crippen LogP contribution in [0.15, 0.2) is 12.5 Å². The molecule has 1 heterocycles. The molecule has 0 aromatic carbocycles. The van der Waals surface area contributed by atoms with Crippen LogP contribution in [0.25, 0.3) is 0 Å². The van der Waals surface area contributed by atoms with Crippen molar-refractivity contribution in [2.75, 3.05) is 6.54 Å². The minimum atomic E-state index is -0.452. The van der Waals surface area contributed by atoms with E-state index in [-0.39, 0.29) is 6.09 Å². The van der Waals surface area contributed by atoms with Crippen LogP contribution in [-0.2, 0) is 17.7 Å². The second kappa shape index (κ2) is 5.46. The van der Waals surface area contributed by atoms with Crippen LogP contribution in [0.2, 0.25) is 0 Å². The lowest BCUT2D eigenvalue weighted by molar-refractivity contribution is 0.0528. The fraction of sp³-hybridized carbons (Fsp3) is 0.733. The summed E-state index contributed by atoms with van der Waals surface area (Å²) in [6.45, 7) is 9.47. The molecule has 0 radical (unpaired) electrons. The summed E-state index contributed by atoms with van der Waals surface area (Å²) in [6, 6.07) is 0. The number of imidazole rings is 1. The smallest absolute Gasteiger partial charge is 0.407 e. The Hall–Kier alpha value is -1.52. The zero-order valence-corrected chi connectivity index (χ0v) is 12.9. The van der Waals surface area contributed by atoms with Crippen LogP contribution in [0.4, 0.5) is 4.79 Å². The van der Waals surface area contributed by atoms with Gasteiger partial charge in [-0.3, -0.25) is 0 Å². The lowest BCUT2D eigenvalue weighted by Crippen LogP contribution is -2.33. The van der Waals surface area contributed by atoms with Gasteiger partial charge in [-0.2, -0.15) is 0 Å². The standard InChI is InChI=1S/C15H25N3O2/c1-14(2,3)20-13(19)17-8-5-12-9-16-11-18(12)10-15(4)6-7-15/h9,11H,5-8,10H2,1-4H3,(H,17,19). The van der Waals surface area contributed by atoms with Crippen molar-refractivity contribution in [1.82, 2.24) is 14.9 Å². The van der Waals surface area contributed by atoms with Crippen LogP contribution >= 0.6 is 0 Å². The number of nitrogens with zero attached hydrogens (tertiary/aromatic N) is 2. The fourth-order valence-electron chi connectivity index (χ4n) is 2.09. The van der Waals surface area contributed by atoms with Crippen molar-refractivity contribution in [3.8, 4) is 0 Å². The Bertz CT molecular complexity index is 470. The number of ether oxygens (including phenoxy) is 1. The summed E-state index contributed by atoms with van der Waals surface area (Å²) in [7, 11) is 0. The number of hydrogen-bond donors (Lipinski definition) is 1. The van der Waals surface area contributed by atoms with E-state index >= 15 is 0 Å². The number of rotatable bonds is 5. The molecule has 1 amide bonds. The molecule has 1 aromatic heterocycles. The summed E-state index contributed by atoms with van der Waals surface area (Å²) in [4.78, 5) is 15.8. The van der Waals surface area contributed by atoms with Crippen LogP contribution in [0.3, 0.4) is 0 Å². The van der Waals surface area contributed by atoms with Crippen molar-refractivity contribution in [3.05, 3.63) is 18.2 Å². The molecule has 2 rings (SSSR count). The largest absolute Gasteiger partial charge is 0.444 e. The number of alkyl carbamates (subject to hydrolysis) is 1. The molecular formula is C15H25N3O2. The summed E-state index contributed by atoms with van der Waals surface area (Å²) in [6.07, 6.45) is 6.75. The van der Waals surface area contributed by atoms with Gasteiger partial charge in [0.15, 0.2) is 0 Å². The summed E-state index contributed by atoms with van der Waals surface area (Å²) in [5, 5.41) is 2.78. The molecule has 20 heavy (non-hydrogen) atoms. The molecule has 1 aliphatic rings. The quantitative estimate of drug-likeness (QED) is 0.901. The van der Waals surface area contributed by atoms with Crippen molar-refractivity contribution in [3.63, 3.8) is 0 Å². The second-order valence-corrected chi connectivity index (χ2v) is 7.00. The molecule has 1 aliphatic carbocycles. The maximum absolute atomic E-state index is 11.6. The molecule has 0 unspecified atom stereocenters. The van der Waals surface area contributed by atoms with E-state index in [1.165, 1.54) is 12.8 Å². The Kier molecular flexibility index (Phi) is 4.06. The fourth-order valence-corrected chi connectivity index (χ4v) is 2.09. The first-order valence-electron chi connectivity index (χ1n) is 7.23. The highest BCUT2D eigenvalue weighted by Crippen LogP contribution is 2.46. The van der Waals surface area contributed by atoms with E-state index in [2.05, 4.69) is 21.8 Å². The number of carbonyl (C=O) groups is 1. The highest BCUT2D eigenvalue weighted by Gasteiger charge is 2.37. The van der Waals surface area contributed by atoms with E-state index in [4.69, 9.17) is 4.74 Å². The van der Waals surface area contributed by atoms with Gasteiger partial charge in [-0.25, -0.2) is 9.78 Å². The van der Waals surface area contributed by atoms with Crippen LogP contribution in [0.1, 0.15) is 46.2 Å². The van der Waals surface area contributed by atoms with Crippen molar-refractivity contribution in [2.45, 2.75) is 59.1 Å². The third-order valence-electron chi connectivity index (χ3n) is 3.50. The van der Waals surface area contributed by atoms with Crippen LogP contribution in [0.5, 0.6) is 0 Å². The maximum Gasteiger partial charge on any atom is 0.407 e. The first-order chi connectivity index (χ1) is 9.27. The molecule has 5 nitrogen and oxygen atoms in total. The number of aromatic nitrogens is 2. The average Bonchev–Trinajstić information content (AvgIpc) is 2.85. The van der Waals surface area contributed by atoms with Gasteiger partial charge in [-0.05, 0) is 39.0 Å². The van der Waals surface area contributed by atoms with Gasteiger partial charge in [-0.1, -0.05) is 6.92 Å². The molecule has 1 fully saturated rings. The van der Waals surface area contributed by atoms with Gasteiger partial charge in [0.1, 0.15) is 5.60 Å². The van der Waals surface area contributed by atoms with Gasteiger partial charge in [0.25, 0.3) is 0 Å². The highest BCUT2D eigenvalue weighted by atomic mass is 16.6. The zero-order valence-electron chi connectivity index (χ0n) is 12.9. The van der Waals surface area contributed by atoms with Gasteiger partial charge >= 0.3 is 6.09 Å². The third-order valence-corrected chi connectivity index (χ3v) is 3.50. The minimum Gasteiger partial charge on any atom is -0.444 e. The third kappa shape index (κ3) is 4.54. The van der Waals surface area contributed by atoms with Crippen LogP contribution in [0, 0.1) is 5.41 Å².